The molecular weight excluding hydrogens is 342 g/mol. The molecule has 1 amide bonds. The summed E-state index contributed by atoms with van der Waals surface area (Å²) in [5, 5.41) is 5.18. The van der Waals surface area contributed by atoms with Gasteiger partial charge in [-0.15, -0.1) is 0 Å². The zero-order chi connectivity index (χ0) is 18.0. The van der Waals surface area contributed by atoms with E-state index in [9.17, 15) is 13.2 Å². The number of ether oxygens (including phenoxy) is 1. The normalized spacial score (nSPS) is 20.0. The molecule has 7 nitrogen and oxygen atoms in total. The standard InChI is InChI=1S/C17H25N3O4S/c1-24-16-7-6-14(25(18,22)23)12-15(16)17(21)20-10-8-19(9-11-20)13-4-2-3-5-13/h6-7,12-13H,2-5,8-11H2,1H3,(H2,18,22,23). The minimum atomic E-state index is -3.87. The first-order valence-electron chi connectivity index (χ1n) is 8.64. The molecule has 138 valence electrons. The van der Waals surface area contributed by atoms with Crippen LogP contribution in [0.25, 0.3) is 0 Å². The number of benzene rings is 1. The van der Waals surface area contributed by atoms with Crippen molar-refractivity contribution in [2.24, 2.45) is 5.14 Å². The van der Waals surface area contributed by atoms with Crippen molar-refractivity contribution in [3.8, 4) is 5.75 Å². The third-order valence-corrected chi connectivity index (χ3v) is 6.08. The number of amides is 1. The number of hydrogen-bond donors (Lipinski definition) is 1. The third-order valence-electron chi connectivity index (χ3n) is 5.17. The van der Waals surface area contributed by atoms with Crippen LogP contribution in [0.2, 0.25) is 0 Å². The zero-order valence-corrected chi connectivity index (χ0v) is 15.3. The minimum Gasteiger partial charge on any atom is -0.496 e. The topological polar surface area (TPSA) is 92.9 Å². The molecule has 0 aromatic heterocycles. The molecular formula is C17H25N3O4S. The average Bonchev–Trinajstić information content (AvgIpc) is 3.14. The van der Waals surface area contributed by atoms with Crippen LogP contribution in [0.1, 0.15) is 36.0 Å². The Balaban J connectivity index is 1.74. The van der Waals surface area contributed by atoms with Crippen LogP contribution >= 0.6 is 0 Å². The number of rotatable bonds is 4. The van der Waals surface area contributed by atoms with E-state index >= 15 is 0 Å². The molecule has 1 aliphatic heterocycles. The molecule has 1 saturated heterocycles. The van der Waals surface area contributed by atoms with E-state index in [-0.39, 0.29) is 16.4 Å². The van der Waals surface area contributed by atoms with Crippen molar-refractivity contribution in [2.75, 3.05) is 33.3 Å². The summed E-state index contributed by atoms with van der Waals surface area (Å²) in [6.07, 6.45) is 5.08. The van der Waals surface area contributed by atoms with Gasteiger partial charge in [-0.3, -0.25) is 9.69 Å². The summed E-state index contributed by atoms with van der Waals surface area (Å²) in [5.74, 6) is 0.143. The second-order valence-corrected chi connectivity index (χ2v) is 8.23. The first-order chi connectivity index (χ1) is 11.9. The molecule has 1 aromatic rings. The van der Waals surface area contributed by atoms with E-state index in [0.717, 1.165) is 13.1 Å². The number of hydrogen-bond acceptors (Lipinski definition) is 5. The SMILES string of the molecule is COc1ccc(S(N)(=O)=O)cc1C(=O)N1CCN(C2CCCC2)CC1. The van der Waals surface area contributed by atoms with Gasteiger partial charge in [-0.25, -0.2) is 13.6 Å². The smallest absolute Gasteiger partial charge is 0.257 e. The fraction of sp³-hybridized carbons (Fsp3) is 0.588. The van der Waals surface area contributed by atoms with Crippen molar-refractivity contribution in [1.82, 2.24) is 9.80 Å². The Bertz CT molecular complexity index is 736. The second kappa shape index (κ2) is 7.31. The molecule has 0 unspecified atom stereocenters. The predicted molar refractivity (Wildman–Crippen MR) is 94.1 cm³/mol. The van der Waals surface area contributed by atoms with Crippen LogP contribution in [0.3, 0.4) is 0 Å². The molecule has 0 bridgehead atoms. The largest absolute Gasteiger partial charge is 0.496 e. The van der Waals surface area contributed by atoms with E-state index in [1.165, 1.54) is 51.0 Å². The van der Waals surface area contributed by atoms with Crippen LogP contribution in [0, 0.1) is 0 Å². The number of carbonyl (C=O) groups excluding carboxylic acids is 1. The molecule has 0 spiro atoms. The van der Waals surface area contributed by atoms with Crippen LogP contribution in [-0.2, 0) is 10.0 Å². The second-order valence-electron chi connectivity index (χ2n) is 6.67. The maximum absolute atomic E-state index is 12.9. The number of nitrogens with zero attached hydrogens (tertiary/aromatic N) is 2. The summed E-state index contributed by atoms with van der Waals surface area (Å²) in [5.41, 5.74) is 0.239. The summed E-state index contributed by atoms with van der Waals surface area (Å²) in [7, 11) is -2.41. The molecule has 2 fully saturated rings. The van der Waals surface area contributed by atoms with Gasteiger partial charge in [0.15, 0.2) is 0 Å². The Morgan fingerprint density at radius 3 is 2.36 bits per heavy atom. The van der Waals surface area contributed by atoms with Gasteiger partial charge in [0.2, 0.25) is 10.0 Å². The molecule has 1 heterocycles. The van der Waals surface area contributed by atoms with Gasteiger partial charge < -0.3 is 9.64 Å². The zero-order valence-electron chi connectivity index (χ0n) is 14.5. The van der Waals surface area contributed by atoms with Gasteiger partial charge in [0, 0.05) is 32.2 Å². The molecule has 2 aliphatic rings. The van der Waals surface area contributed by atoms with Crippen molar-refractivity contribution < 1.29 is 17.9 Å². The van der Waals surface area contributed by atoms with Crippen LogP contribution in [0.5, 0.6) is 5.75 Å². The summed E-state index contributed by atoms with van der Waals surface area (Å²) < 4.78 is 28.4. The highest BCUT2D eigenvalue weighted by atomic mass is 32.2. The Hall–Kier alpha value is -1.64. The number of carbonyl (C=O) groups is 1. The first-order valence-corrected chi connectivity index (χ1v) is 10.2. The lowest BCUT2D eigenvalue weighted by molar-refractivity contribution is 0.0570. The van der Waals surface area contributed by atoms with E-state index in [0.29, 0.717) is 24.9 Å². The number of piperazine rings is 1. The van der Waals surface area contributed by atoms with Gasteiger partial charge in [0.25, 0.3) is 5.91 Å². The first kappa shape index (κ1) is 18.2. The van der Waals surface area contributed by atoms with Crippen LogP contribution in [0.4, 0.5) is 0 Å². The van der Waals surface area contributed by atoms with Crippen LogP contribution < -0.4 is 9.88 Å². The van der Waals surface area contributed by atoms with E-state index in [1.54, 1.807) is 4.90 Å². The highest BCUT2D eigenvalue weighted by Crippen LogP contribution is 2.26. The molecule has 3 rings (SSSR count). The van der Waals surface area contributed by atoms with Crippen molar-refractivity contribution in [2.45, 2.75) is 36.6 Å². The highest BCUT2D eigenvalue weighted by Gasteiger charge is 2.29. The Kier molecular flexibility index (Phi) is 5.31. The van der Waals surface area contributed by atoms with Crippen molar-refractivity contribution in [1.29, 1.82) is 0 Å². The fourth-order valence-corrected chi connectivity index (χ4v) is 4.30. The molecule has 8 heteroatoms. The number of sulfonamides is 1. The number of nitrogens with two attached hydrogens (primary N) is 1. The lowest BCUT2D eigenvalue weighted by Gasteiger charge is -2.38. The van der Waals surface area contributed by atoms with E-state index in [1.807, 2.05) is 0 Å². The maximum Gasteiger partial charge on any atom is 0.257 e. The number of primary sulfonamides is 1. The van der Waals surface area contributed by atoms with Gasteiger partial charge in [0.1, 0.15) is 5.75 Å². The van der Waals surface area contributed by atoms with Gasteiger partial charge in [0.05, 0.1) is 17.6 Å². The monoisotopic (exact) mass is 367 g/mol. The Labute approximate surface area is 148 Å². The number of methoxy groups -OCH3 is 1. The molecule has 1 aromatic carbocycles. The van der Waals surface area contributed by atoms with Gasteiger partial charge in [-0.1, -0.05) is 12.8 Å². The molecule has 1 aliphatic carbocycles. The van der Waals surface area contributed by atoms with Gasteiger partial charge in [-0.05, 0) is 31.0 Å². The Morgan fingerprint density at radius 2 is 1.80 bits per heavy atom. The van der Waals surface area contributed by atoms with E-state index < -0.39 is 10.0 Å². The molecule has 2 N–H and O–H groups in total. The van der Waals surface area contributed by atoms with Crippen LogP contribution in [0.15, 0.2) is 23.1 Å². The van der Waals surface area contributed by atoms with Crippen molar-refractivity contribution in [3.63, 3.8) is 0 Å². The highest BCUT2D eigenvalue weighted by molar-refractivity contribution is 7.89. The molecule has 0 atom stereocenters. The van der Waals surface area contributed by atoms with Crippen molar-refractivity contribution >= 4 is 15.9 Å². The summed E-state index contributed by atoms with van der Waals surface area (Å²) in [4.78, 5) is 17.0. The lowest BCUT2D eigenvalue weighted by Crippen LogP contribution is -2.51. The summed E-state index contributed by atoms with van der Waals surface area (Å²) in [6.45, 7) is 2.98. The molecule has 0 radical (unpaired) electrons. The Morgan fingerprint density at radius 1 is 1.16 bits per heavy atom. The van der Waals surface area contributed by atoms with Gasteiger partial charge >= 0.3 is 0 Å². The average molecular weight is 367 g/mol. The quantitative estimate of drug-likeness (QED) is 0.858. The molecule has 25 heavy (non-hydrogen) atoms. The minimum absolute atomic E-state index is 0.0822. The lowest BCUT2D eigenvalue weighted by atomic mass is 10.1. The maximum atomic E-state index is 12.9. The van der Waals surface area contributed by atoms with Gasteiger partial charge in [-0.2, -0.15) is 0 Å². The summed E-state index contributed by atoms with van der Waals surface area (Å²) >= 11 is 0. The van der Waals surface area contributed by atoms with Crippen molar-refractivity contribution in [3.05, 3.63) is 23.8 Å². The third kappa shape index (κ3) is 3.96. The van der Waals surface area contributed by atoms with Crippen LogP contribution in [-0.4, -0.2) is 63.5 Å². The summed E-state index contributed by atoms with van der Waals surface area (Å²) in [6, 6.07) is 4.78. The van der Waals surface area contributed by atoms with E-state index in [2.05, 4.69) is 4.90 Å². The fourth-order valence-electron chi connectivity index (χ4n) is 3.76. The predicted octanol–water partition coefficient (Wildman–Crippen LogP) is 1.04. The van der Waals surface area contributed by atoms with E-state index in [4.69, 9.17) is 9.88 Å². The molecule has 1 saturated carbocycles.